The zero-order valence-electron chi connectivity index (χ0n) is 18.3. The van der Waals surface area contributed by atoms with Crippen molar-refractivity contribution in [1.29, 1.82) is 0 Å². The zero-order chi connectivity index (χ0) is 22.1. The lowest BCUT2D eigenvalue weighted by Gasteiger charge is -2.16. The highest BCUT2D eigenvalue weighted by Gasteiger charge is 2.24. The molecule has 7 nitrogen and oxygen atoms in total. The second kappa shape index (κ2) is 8.45. The largest absolute Gasteiger partial charge is 0.338 e. The van der Waals surface area contributed by atoms with Crippen molar-refractivity contribution in [2.75, 3.05) is 18.4 Å². The molecule has 0 spiro atoms. The third-order valence-electron chi connectivity index (χ3n) is 5.58. The number of anilines is 2. The van der Waals surface area contributed by atoms with Crippen LogP contribution in [0.15, 0.2) is 36.7 Å². The number of carbonyl (C=O) groups is 1. The van der Waals surface area contributed by atoms with Crippen LogP contribution in [0.1, 0.15) is 49.4 Å². The van der Waals surface area contributed by atoms with Crippen LogP contribution in [0.5, 0.6) is 0 Å². The molecule has 31 heavy (non-hydrogen) atoms. The predicted molar refractivity (Wildman–Crippen MR) is 118 cm³/mol. The van der Waals surface area contributed by atoms with Gasteiger partial charge in [-0.2, -0.15) is 0 Å². The maximum atomic E-state index is 14.5. The highest BCUT2D eigenvalue weighted by molar-refractivity contribution is 5.94. The molecule has 1 saturated heterocycles. The van der Waals surface area contributed by atoms with Crippen molar-refractivity contribution in [3.8, 4) is 11.4 Å². The summed E-state index contributed by atoms with van der Waals surface area (Å²) in [5.41, 5.74) is 2.17. The Labute approximate surface area is 181 Å². The van der Waals surface area contributed by atoms with Gasteiger partial charge in [-0.25, -0.2) is 19.3 Å². The van der Waals surface area contributed by atoms with Gasteiger partial charge in [0, 0.05) is 30.4 Å². The van der Waals surface area contributed by atoms with E-state index in [1.54, 1.807) is 18.3 Å². The summed E-state index contributed by atoms with van der Waals surface area (Å²) in [6.07, 6.45) is 3.83. The minimum atomic E-state index is -0.506. The summed E-state index contributed by atoms with van der Waals surface area (Å²) >= 11 is 0. The van der Waals surface area contributed by atoms with Crippen molar-refractivity contribution in [2.24, 2.45) is 5.92 Å². The van der Waals surface area contributed by atoms with Crippen LogP contribution in [0.25, 0.3) is 11.4 Å². The number of nitrogens with one attached hydrogen (secondary N) is 1. The number of rotatable bonds is 5. The summed E-state index contributed by atoms with van der Waals surface area (Å²) < 4.78 is 16.5. The van der Waals surface area contributed by atoms with E-state index in [1.807, 2.05) is 42.4 Å². The molecule has 3 heterocycles. The average molecular weight is 423 g/mol. The maximum absolute atomic E-state index is 14.5. The number of carbonyl (C=O) groups excluding carboxylic acids is 1. The summed E-state index contributed by atoms with van der Waals surface area (Å²) in [4.78, 5) is 27.3. The standard InChI is InChI=1S/C23H27FN6O/c1-14(2)30-16(4)25-12-20(30)21-19(24)11-26-23(28-21)27-18-7-5-17(6-8-18)22(31)29-10-9-15(3)13-29/h5-8,11-12,14-15H,9-10,13H2,1-4H3,(H,26,27,28). The third kappa shape index (κ3) is 4.28. The quantitative estimate of drug-likeness (QED) is 0.651. The van der Waals surface area contributed by atoms with Gasteiger partial charge in [0.25, 0.3) is 5.91 Å². The van der Waals surface area contributed by atoms with Gasteiger partial charge in [-0.05, 0) is 57.4 Å². The van der Waals surface area contributed by atoms with Gasteiger partial charge in [-0.1, -0.05) is 6.92 Å². The molecule has 1 unspecified atom stereocenters. The lowest BCUT2D eigenvalue weighted by atomic mass is 10.1. The normalized spacial score (nSPS) is 16.2. The van der Waals surface area contributed by atoms with E-state index in [2.05, 4.69) is 27.2 Å². The lowest BCUT2D eigenvalue weighted by Crippen LogP contribution is -2.28. The molecule has 1 aromatic carbocycles. The highest BCUT2D eigenvalue weighted by Crippen LogP contribution is 2.27. The van der Waals surface area contributed by atoms with Crippen LogP contribution in [0, 0.1) is 18.7 Å². The second-order valence-electron chi connectivity index (χ2n) is 8.39. The number of nitrogens with zero attached hydrogens (tertiary/aromatic N) is 5. The Bertz CT molecular complexity index is 1090. The smallest absolute Gasteiger partial charge is 0.253 e. The molecule has 2 aromatic heterocycles. The molecule has 4 rings (SSSR count). The lowest BCUT2D eigenvalue weighted by molar-refractivity contribution is 0.0788. The number of aromatic nitrogens is 4. The van der Waals surface area contributed by atoms with Crippen LogP contribution in [0.2, 0.25) is 0 Å². The number of likely N-dealkylation sites (tertiary alicyclic amines) is 1. The summed E-state index contributed by atoms with van der Waals surface area (Å²) in [7, 11) is 0. The summed E-state index contributed by atoms with van der Waals surface area (Å²) in [5, 5.41) is 3.10. The monoisotopic (exact) mass is 422 g/mol. The van der Waals surface area contributed by atoms with Crippen LogP contribution in [-0.4, -0.2) is 43.4 Å². The first-order valence-electron chi connectivity index (χ1n) is 10.6. The van der Waals surface area contributed by atoms with Crippen molar-refractivity contribution in [1.82, 2.24) is 24.4 Å². The molecule has 1 fully saturated rings. The van der Waals surface area contributed by atoms with Gasteiger partial charge >= 0.3 is 0 Å². The number of aryl methyl sites for hydroxylation is 1. The van der Waals surface area contributed by atoms with Crippen molar-refractivity contribution >= 4 is 17.5 Å². The number of amides is 1. The van der Waals surface area contributed by atoms with Crippen LogP contribution in [0.3, 0.4) is 0 Å². The predicted octanol–water partition coefficient (Wildman–Crippen LogP) is 4.59. The van der Waals surface area contributed by atoms with Gasteiger partial charge in [-0.3, -0.25) is 4.79 Å². The fourth-order valence-electron chi connectivity index (χ4n) is 4.01. The van der Waals surface area contributed by atoms with E-state index in [0.717, 1.165) is 37.2 Å². The number of imidazole rings is 1. The van der Waals surface area contributed by atoms with Gasteiger partial charge in [-0.15, -0.1) is 0 Å². The van der Waals surface area contributed by atoms with Crippen molar-refractivity contribution in [3.05, 3.63) is 53.9 Å². The molecule has 1 atom stereocenters. The maximum Gasteiger partial charge on any atom is 0.253 e. The van der Waals surface area contributed by atoms with E-state index in [4.69, 9.17) is 0 Å². The Kier molecular flexibility index (Phi) is 5.71. The number of hydrogen-bond acceptors (Lipinski definition) is 5. The van der Waals surface area contributed by atoms with E-state index < -0.39 is 5.82 Å². The van der Waals surface area contributed by atoms with E-state index in [9.17, 15) is 9.18 Å². The molecule has 0 radical (unpaired) electrons. The highest BCUT2D eigenvalue weighted by atomic mass is 19.1. The van der Waals surface area contributed by atoms with E-state index in [0.29, 0.717) is 17.2 Å². The van der Waals surface area contributed by atoms with Gasteiger partial charge < -0.3 is 14.8 Å². The second-order valence-corrected chi connectivity index (χ2v) is 8.39. The fraction of sp³-hybridized carbons (Fsp3) is 0.391. The Morgan fingerprint density at radius 3 is 2.58 bits per heavy atom. The van der Waals surface area contributed by atoms with Gasteiger partial charge in [0.05, 0.1) is 18.1 Å². The molecular weight excluding hydrogens is 395 g/mol. The van der Waals surface area contributed by atoms with E-state index >= 15 is 0 Å². The van der Waals surface area contributed by atoms with E-state index in [-0.39, 0.29) is 23.6 Å². The molecule has 1 amide bonds. The first-order valence-corrected chi connectivity index (χ1v) is 10.6. The third-order valence-corrected chi connectivity index (χ3v) is 5.58. The number of benzene rings is 1. The Morgan fingerprint density at radius 1 is 1.19 bits per heavy atom. The van der Waals surface area contributed by atoms with Gasteiger partial charge in [0.15, 0.2) is 5.82 Å². The summed E-state index contributed by atoms with van der Waals surface area (Å²) in [6.45, 7) is 9.68. The number of hydrogen-bond donors (Lipinski definition) is 1. The molecule has 0 aliphatic carbocycles. The molecule has 8 heteroatoms. The SMILES string of the molecule is Cc1ncc(-c2nc(Nc3ccc(C(=O)N4CCC(C)C4)cc3)ncc2F)n1C(C)C. The van der Waals surface area contributed by atoms with Crippen LogP contribution in [0.4, 0.5) is 16.0 Å². The minimum absolute atomic E-state index is 0.0496. The Hall–Kier alpha value is -3.29. The minimum Gasteiger partial charge on any atom is -0.338 e. The number of halogens is 1. The molecule has 1 N–H and O–H groups in total. The first kappa shape index (κ1) is 21.0. The van der Waals surface area contributed by atoms with Crippen LogP contribution in [-0.2, 0) is 0 Å². The average Bonchev–Trinajstić information content (AvgIpc) is 3.35. The van der Waals surface area contributed by atoms with Crippen molar-refractivity contribution in [2.45, 2.75) is 40.2 Å². The van der Waals surface area contributed by atoms with Crippen molar-refractivity contribution < 1.29 is 9.18 Å². The topological polar surface area (TPSA) is 75.9 Å². The fourth-order valence-corrected chi connectivity index (χ4v) is 4.01. The zero-order valence-corrected chi connectivity index (χ0v) is 18.3. The van der Waals surface area contributed by atoms with Gasteiger partial charge in [0.2, 0.25) is 5.95 Å². The molecule has 0 saturated carbocycles. The summed E-state index contributed by atoms with van der Waals surface area (Å²) in [5.74, 6) is 1.16. The van der Waals surface area contributed by atoms with Crippen LogP contribution < -0.4 is 5.32 Å². The van der Waals surface area contributed by atoms with Crippen molar-refractivity contribution in [3.63, 3.8) is 0 Å². The molecule has 162 valence electrons. The Morgan fingerprint density at radius 2 is 1.94 bits per heavy atom. The molecule has 3 aromatic rings. The van der Waals surface area contributed by atoms with Gasteiger partial charge in [0.1, 0.15) is 11.5 Å². The molecular formula is C23H27FN6O. The van der Waals surface area contributed by atoms with E-state index in [1.165, 1.54) is 0 Å². The first-order chi connectivity index (χ1) is 14.8. The molecule has 0 bridgehead atoms. The summed E-state index contributed by atoms with van der Waals surface area (Å²) in [6, 6.07) is 7.31. The molecule has 1 aliphatic heterocycles. The molecule has 1 aliphatic rings. The Balaban J connectivity index is 1.54. The van der Waals surface area contributed by atoms with Crippen LogP contribution >= 0.6 is 0 Å².